The van der Waals surface area contributed by atoms with E-state index < -0.39 is 0 Å². The normalized spacial score (nSPS) is 14.0. The maximum Gasteiger partial charge on any atom is 0.00195 e. The minimum atomic E-state index is 0.572. The molecule has 0 heterocycles. The smallest absolute Gasteiger partial charge is 0.00195 e. The summed E-state index contributed by atoms with van der Waals surface area (Å²) in [4.78, 5) is 0. The molecule has 70 valence electrons. The van der Waals surface area contributed by atoms with Gasteiger partial charge in [0.2, 0.25) is 0 Å². The molecular formula is C11H21N. The molecule has 0 rings (SSSR count). The van der Waals surface area contributed by atoms with Crippen molar-refractivity contribution in [2.45, 2.75) is 33.2 Å². The molecule has 0 spiro atoms. The van der Waals surface area contributed by atoms with Gasteiger partial charge in [-0.2, -0.15) is 0 Å². The highest BCUT2D eigenvalue weighted by Crippen LogP contribution is 2.04. The van der Waals surface area contributed by atoms with E-state index in [-0.39, 0.29) is 0 Å². The van der Waals surface area contributed by atoms with Crippen LogP contribution in [0.15, 0.2) is 24.8 Å². The molecule has 0 saturated carbocycles. The summed E-state index contributed by atoms with van der Waals surface area (Å²) in [6.45, 7) is 11.2. The van der Waals surface area contributed by atoms with Crippen molar-refractivity contribution < 1.29 is 0 Å². The number of rotatable bonds is 6. The molecule has 1 N–H and O–H groups in total. The van der Waals surface area contributed by atoms with Gasteiger partial charge in [0.1, 0.15) is 0 Å². The van der Waals surface area contributed by atoms with E-state index in [0.29, 0.717) is 12.0 Å². The molecule has 1 atom stereocenters. The molecule has 0 radical (unpaired) electrons. The second kappa shape index (κ2) is 7.11. The first kappa shape index (κ1) is 11.4. The lowest BCUT2D eigenvalue weighted by Crippen LogP contribution is -2.28. The van der Waals surface area contributed by atoms with Crippen LogP contribution in [-0.4, -0.2) is 12.6 Å². The van der Waals surface area contributed by atoms with Crippen LogP contribution >= 0.6 is 0 Å². The third-order valence-corrected chi connectivity index (χ3v) is 1.72. The predicted octanol–water partition coefficient (Wildman–Crippen LogP) is 2.75. The molecule has 0 aromatic rings. The molecule has 0 aliphatic heterocycles. The Hall–Kier alpha value is -0.560. The highest BCUT2D eigenvalue weighted by molar-refractivity contribution is 4.90. The molecule has 0 saturated heterocycles. The largest absolute Gasteiger partial charge is 0.314 e. The van der Waals surface area contributed by atoms with Crippen molar-refractivity contribution >= 4 is 0 Å². The van der Waals surface area contributed by atoms with E-state index in [1.165, 1.54) is 0 Å². The lowest BCUT2D eigenvalue weighted by Gasteiger charge is -2.13. The highest BCUT2D eigenvalue weighted by Gasteiger charge is 2.01. The van der Waals surface area contributed by atoms with Gasteiger partial charge in [-0.25, -0.2) is 0 Å². The predicted molar refractivity (Wildman–Crippen MR) is 56.3 cm³/mol. The van der Waals surface area contributed by atoms with Crippen LogP contribution in [-0.2, 0) is 0 Å². The fraction of sp³-hybridized carbons (Fsp3) is 0.636. The van der Waals surface area contributed by atoms with Crippen molar-refractivity contribution in [2.24, 2.45) is 5.92 Å². The first-order chi connectivity index (χ1) is 5.70. The minimum Gasteiger partial charge on any atom is -0.314 e. The summed E-state index contributed by atoms with van der Waals surface area (Å²) in [6.07, 6.45) is 7.38. The number of nitrogens with one attached hydrogen (secondary N) is 1. The van der Waals surface area contributed by atoms with Crippen LogP contribution < -0.4 is 5.32 Å². The summed E-state index contributed by atoms with van der Waals surface area (Å²) >= 11 is 0. The van der Waals surface area contributed by atoms with Gasteiger partial charge in [0.05, 0.1) is 0 Å². The van der Waals surface area contributed by atoms with Crippen molar-refractivity contribution in [2.75, 3.05) is 6.54 Å². The van der Waals surface area contributed by atoms with Crippen molar-refractivity contribution in [3.63, 3.8) is 0 Å². The quantitative estimate of drug-likeness (QED) is 0.600. The van der Waals surface area contributed by atoms with Crippen LogP contribution in [0.4, 0.5) is 0 Å². The molecule has 0 bridgehead atoms. The average Bonchev–Trinajstić information content (AvgIpc) is 2.01. The van der Waals surface area contributed by atoms with Gasteiger partial charge in [-0.05, 0) is 19.3 Å². The molecule has 1 heteroatoms. The van der Waals surface area contributed by atoms with Gasteiger partial charge in [-0.3, -0.25) is 0 Å². The van der Waals surface area contributed by atoms with Gasteiger partial charge >= 0.3 is 0 Å². The Kier molecular flexibility index (Phi) is 6.78. The van der Waals surface area contributed by atoms with Crippen molar-refractivity contribution in [3.05, 3.63) is 24.8 Å². The molecule has 0 amide bonds. The maximum atomic E-state index is 3.75. The van der Waals surface area contributed by atoms with Crippen LogP contribution in [0, 0.1) is 5.92 Å². The lowest BCUT2D eigenvalue weighted by atomic mass is 10.0. The average molecular weight is 167 g/mol. The molecule has 1 nitrogen and oxygen atoms in total. The second-order valence-corrected chi connectivity index (χ2v) is 3.37. The summed E-state index contributed by atoms with van der Waals surface area (Å²) in [5.74, 6) is 0.606. The zero-order chi connectivity index (χ0) is 9.40. The Morgan fingerprint density at radius 3 is 2.50 bits per heavy atom. The third-order valence-electron chi connectivity index (χ3n) is 1.72. The molecule has 0 fully saturated rings. The van der Waals surface area contributed by atoms with Gasteiger partial charge in [0.15, 0.2) is 0 Å². The molecule has 0 aromatic carbocycles. The van der Waals surface area contributed by atoms with Crippen LogP contribution in [0.1, 0.15) is 27.2 Å². The van der Waals surface area contributed by atoms with Crippen LogP contribution in [0.5, 0.6) is 0 Å². The SMILES string of the molecule is C=CCC(/C=C\C)CNC(C)C. The van der Waals surface area contributed by atoms with Gasteiger partial charge in [0.25, 0.3) is 0 Å². The van der Waals surface area contributed by atoms with E-state index in [4.69, 9.17) is 0 Å². The Labute approximate surface area is 76.6 Å². The maximum absolute atomic E-state index is 3.75. The van der Waals surface area contributed by atoms with Crippen molar-refractivity contribution in [3.8, 4) is 0 Å². The highest BCUT2D eigenvalue weighted by atomic mass is 14.9. The molecule has 0 aromatic heterocycles. The van der Waals surface area contributed by atoms with E-state index in [0.717, 1.165) is 13.0 Å². The Balaban J connectivity index is 3.70. The number of allylic oxidation sites excluding steroid dienone is 2. The summed E-state index contributed by atoms with van der Waals surface area (Å²) in [7, 11) is 0. The second-order valence-electron chi connectivity index (χ2n) is 3.37. The minimum absolute atomic E-state index is 0.572. The Morgan fingerprint density at radius 2 is 2.08 bits per heavy atom. The first-order valence-electron chi connectivity index (χ1n) is 4.67. The summed E-state index contributed by atoms with van der Waals surface area (Å²) in [5, 5.41) is 3.42. The number of hydrogen-bond acceptors (Lipinski definition) is 1. The fourth-order valence-corrected chi connectivity index (χ4v) is 1.10. The van der Waals surface area contributed by atoms with E-state index in [2.05, 4.69) is 44.8 Å². The molecule has 0 aliphatic rings. The van der Waals surface area contributed by atoms with Crippen LogP contribution in [0.2, 0.25) is 0 Å². The van der Waals surface area contributed by atoms with Gasteiger partial charge in [0, 0.05) is 12.6 Å². The Bertz CT molecular complexity index is 136. The first-order valence-corrected chi connectivity index (χ1v) is 4.67. The zero-order valence-corrected chi connectivity index (χ0v) is 8.51. The Morgan fingerprint density at radius 1 is 1.42 bits per heavy atom. The van der Waals surface area contributed by atoms with Crippen LogP contribution in [0.3, 0.4) is 0 Å². The molecule has 12 heavy (non-hydrogen) atoms. The van der Waals surface area contributed by atoms with E-state index in [1.54, 1.807) is 0 Å². The van der Waals surface area contributed by atoms with Gasteiger partial charge in [-0.1, -0.05) is 32.1 Å². The van der Waals surface area contributed by atoms with Crippen molar-refractivity contribution in [1.29, 1.82) is 0 Å². The molecule has 1 unspecified atom stereocenters. The topological polar surface area (TPSA) is 12.0 Å². The van der Waals surface area contributed by atoms with Crippen LogP contribution in [0.25, 0.3) is 0 Å². The van der Waals surface area contributed by atoms with E-state index in [1.807, 2.05) is 6.08 Å². The molecule has 0 aliphatic carbocycles. The van der Waals surface area contributed by atoms with Gasteiger partial charge in [-0.15, -0.1) is 6.58 Å². The standard InChI is InChI=1S/C11H21N/c1-5-7-11(8-6-2)9-12-10(3)4/h5-6,8,10-12H,1,7,9H2,2-4H3/b8-6-. The lowest BCUT2D eigenvalue weighted by molar-refractivity contribution is 0.513. The monoisotopic (exact) mass is 167 g/mol. The summed E-state index contributed by atoms with van der Waals surface area (Å²) in [6, 6.07) is 0.572. The third kappa shape index (κ3) is 6.17. The van der Waals surface area contributed by atoms with Gasteiger partial charge < -0.3 is 5.32 Å². The summed E-state index contributed by atoms with van der Waals surface area (Å²) < 4.78 is 0. The van der Waals surface area contributed by atoms with E-state index >= 15 is 0 Å². The van der Waals surface area contributed by atoms with E-state index in [9.17, 15) is 0 Å². The number of hydrogen-bond donors (Lipinski definition) is 1. The fourth-order valence-electron chi connectivity index (χ4n) is 1.10. The summed E-state index contributed by atoms with van der Waals surface area (Å²) in [5.41, 5.74) is 0. The van der Waals surface area contributed by atoms with Crippen molar-refractivity contribution in [1.82, 2.24) is 5.32 Å². The zero-order valence-electron chi connectivity index (χ0n) is 8.51. The molecular weight excluding hydrogens is 146 g/mol.